The Morgan fingerprint density at radius 1 is 0.528 bits per heavy atom. The van der Waals surface area contributed by atoms with Gasteiger partial charge in [-0.15, -0.1) is 0 Å². The van der Waals surface area contributed by atoms with Gasteiger partial charge in [-0.1, -0.05) is 110 Å². The summed E-state index contributed by atoms with van der Waals surface area (Å²) in [5.74, 6) is 0. The number of phosphoric ester groups is 1. The number of phosphoric acid groups is 1. The van der Waals surface area contributed by atoms with Crippen molar-refractivity contribution in [2.45, 2.75) is 135 Å². The summed E-state index contributed by atoms with van der Waals surface area (Å²) in [6.45, 7) is 5.64. The Kier molecular flexibility index (Phi) is 26.6. The predicted octanol–water partition coefficient (Wildman–Crippen LogP) is 8.49. The lowest BCUT2D eigenvalue weighted by atomic mass is 10.0. The van der Waals surface area contributed by atoms with Crippen molar-refractivity contribution in [2.24, 2.45) is 0 Å². The Hall–Kier alpha value is -0.0100. The van der Waals surface area contributed by atoms with E-state index >= 15 is 0 Å². The van der Waals surface area contributed by atoms with E-state index in [-0.39, 0.29) is 12.7 Å². The summed E-state index contributed by atoms with van der Waals surface area (Å²) in [5.41, 5.74) is 0. The lowest BCUT2D eigenvalue weighted by Gasteiger charge is -2.26. The molecule has 0 rings (SSSR count). The van der Waals surface area contributed by atoms with E-state index in [1.165, 1.54) is 103 Å². The van der Waals surface area contributed by atoms with Gasteiger partial charge in [0.25, 0.3) is 0 Å². The van der Waals surface area contributed by atoms with E-state index in [9.17, 15) is 4.57 Å². The highest BCUT2D eigenvalue weighted by Crippen LogP contribution is 2.48. The molecule has 0 spiro atoms. The normalized spacial score (nSPS) is 15.1. The van der Waals surface area contributed by atoms with Gasteiger partial charge >= 0.3 is 7.82 Å². The van der Waals surface area contributed by atoms with Crippen molar-refractivity contribution in [3.05, 3.63) is 0 Å². The second-order valence-corrected chi connectivity index (χ2v) is 11.5. The zero-order valence-electron chi connectivity index (χ0n) is 24.3. The molecule has 3 unspecified atom stereocenters. The van der Waals surface area contributed by atoms with E-state index in [4.69, 9.17) is 27.8 Å². The van der Waals surface area contributed by atoms with Crippen molar-refractivity contribution in [3.63, 3.8) is 0 Å². The van der Waals surface area contributed by atoms with Crippen LogP contribution in [0.25, 0.3) is 0 Å². The third kappa shape index (κ3) is 21.0. The Labute approximate surface area is 223 Å². The van der Waals surface area contributed by atoms with Crippen LogP contribution in [0.3, 0.4) is 0 Å². The van der Waals surface area contributed by atoms with Gasteiger partial charge in [0.1, 0.15) is 12.2 Å². The minimum absolute atomic E-state index is 0.0340. The second kappa shape index (κ2) is 26.6. The van der Waals surface area contributed by atoms with E-state index < -0.39 is 13.9 Å². The Bertz CT molecular complexity index is 493. The van der Waals surface area contributed by atoms with Crippen molar-refractivity contribution in [3.8, 4) is 0 Å². The third-order valence-electron chi connectivity index (χ3n) is 6.52. The Balaban J connectivity index is 3.69. The molecule has 0 saturated heterocycles. The molecule has 0 amide bonds. The summed E-state index contributed by atoms with van der Waals surface area (Å²) in [5, 5.41) is 0. The molecule has 36 heavy (non-hydrogen) atoms. The summed E-state index contributed by atoms with van der Waals surface area (Å²) < 4.78 is 44.8. The SMILES string of the molecule is CCCCCCCCCCCCCCCCCCOCC(OC)C(COP(=O)(OC)OCCC)OC. The van der Waals surface area contributed by atoms with Crippen LogP contribution in [0.4, 0.5) is 0 Å². The quantitative estimate of drug-likeness (QED) is 0.0698. The maximum Gasteiger partial charge on any atom is 0.474 e. The minimum atomic E-state index is -3.58. The molecule has 3 atom stereocenters. The molecule has 0 fully saturated rings. The van der Waals surface area contributed by atoms with E-state index in [0.29, 0.717) is 19.8 Å². The third-order valence-corrected chi connectivity index (χ3v) is 7.93. The van der Waals surface area contributed by atoms with Gasteiger partial charge in [0.2, 0.25) is 0 Å². The van der Waals surface area contributed by atoms with Crippen molar-refractivity contribution >= 4 is 7.82 Å². The highest BCUT2D eigenvalue weighted by atomic mass is 31.2. The maximum atomic E-state index is 12.4. The smallest absolute Gasteiger partial charge is 0.379 e. The first kappa shape index (κ1) is 36.0. The van der Waals surface area contributed by atoms with Gasteiger partial charge in [-0.05, 0) is 12.8 Å². The molecule has 0 heterocycles. The van der Waals surface area contributed by atoms with Crippen molar-refractivity contribution in [1.29, 1.82) is 0 Å². The first-order valence-corrected chi connectivity index (χ1v) is 16.1. The molecule has 0 aromatic heterocycles. The molecule has 0 saturated carbocycles. The van der Waals surface area contributed by atoms with Crippen molar-refractivity contribution in [2.75, 3.05) is 47.8 Å². The summed E-state index contributed by atoms with van der Waals surface area (Å²) in [7, 11) is 0.915. The second-order valence-electron chi connectivity index (χ2n) is 9.69. The molecule has 0 radical (unpaired) electrons. The van der Waals surface area contributed by atoms with E-state index in [2.05, 4.69) is 6.92 Å². The van der Waals surface area contributed by atoms with Gasteiger partial charge in [0.05, 0.1) is 19.8 Å². The highest BCUT2D eigenvalue weighted by Gasteiger charge is 2.29. The van der Waals surface area contributed by atoms with E-state index in [1.807, 2.05) is 6.92 Å². The molecule has 0 aliphatic heterocycles. The average molecular weight is 539 g/mol. The fourth-order valence-corrected chi connectivity index (χ4v) is 5.14. The lowest BCUT2D eigenvalue weighted by Crippen LogP contribution is -2.37. The van der Waals surface area contributed by atoms with Crippen LogP contribution in [0, 0.1) is 0 Å². The van der Waals surface area contributed by atoms with Crippen molar-refractivity contribution in [1.82, 2.24) is 0 Å². The van der Waals surface area contributed by atoms with Crippen LogP contribution in [-0.4, -0.2) is 60.0 Å². The first-order valence-electron chi connectivity index (χ1n) is 14.6. The summed E-state index contributed by atoms with van der Waals surface area (Å²) in [6.07, 6.45) is 21.6. The number of hydrogen-bond acceptors (Lipinski definition) is 7. The fourth-order valence-electron chi connectivity index (χ4n) is 4.12. The summed E-state index contributed by atoms with van der Waals surface area (Å²) in [6, 6.07) is 0. The minimum Gasteiger partial charge on any atom is -0.379 e. The first-order chi connectivity index (χ1) is 17.6. The number of hydrogen-bond donors (Lipinski definition) is 0. The van der Waals surface area contributed by atoms with Gasteiger partial charge in [-0.3, -0.25) is 13.6 Å². The number of unbranched alkanes of at least 4 members (excludes halogenated alkanes) is 15. The molecule has 0 bridgehead atoms. The van der Waals surface area contributed by atoms with Gasteiger partial charge in [0.15, 0.2) is 0 Å². The van der Waals surface area contributed by atoms with E-state index in [1.54, 1.807) is 14.2 Å². The number of rotatable bonds is 29. The van der Waals surface area contributed by atoms with Gasteiger partial charge in [-0.2, -0.15) is 0 Å². The van der Waals surface area contributed by atoms with Crippen LogP contribution in [-0.2, 0) is 32.3 Å². The molecule has 0 aromatic carbocycles. The molecule has 0 aliphatic carbocycles. The fraction of sp³-hybridized carbons (Fsp3) is 1.00. The standard InChI is InChI=1S/C28H59O7P/c1-6-8-9-10-11-12-13-14-15-16-17-18-19-20-21-22-24-33-25-27(30-3)28(31-4)26-35-36(29,32-5)34-23-7-2/h27-28H,6-26H2,1-5H3. The van der Waals surface area contributed by atoms with E-state index in [0.717, 1.165) is 12.8 Å². The molecule has 0 aromatic rings. The average Bonchev–Trinajstić information content (AvgIpc) is 2.90. The number of methoxy groups -OCH3 is 2. The monoisotopic (exact) mass is 538 g/mol. The zero-order chi connectivity index (χ0) is 26.7. The Morgan fingerprint density at radius 2 is 0.972 bits per heavy atom. The van der Waals surface area contributed by atoms with Crippen LogP contribution < -0.4 is 0 Å². The van der Waals surface area contributed by atoms with Gasteiger partial charge in [0, 0.05) is 27.9 Å². The van der Waals surface area contributed by atoms with Crippen LogP contribution >= 0.6 is 7.82 Å². The summed E-state index contributed by atoms with van der Waals surface area (Å²) in [4.78, 5) is 0. The predicted molar refractivity (Wildman–Crippen MR) is 149 cm³/mol. The summed E-state index contributed by atoms with van der Waals surface area (Å²) >= 11 is 0. The largest absolute Gasteiger partial charge is 0.474 e. The number of ether oxygens (including phenoxy) is 3. The molecule has 0 aliphatic rings. The lowest BCUT2D eigenvalue weighted by molar-refractivity contribution is -0.0918. The maximum absolute atomic E-state index is 12.4. The zero-order valence-corrected chi connectivity index (χ0v) is 25.2. The molecule has 0 N–H and O–H groups in total. The molecule has 218 valence electrons. The topological polar surface area (TPSA) is 72.5 Å². The van der Waals surface area contributed by atoms with Crippen LogP contribution in [0.5, 0.6) is 0 Å². The Morgan fingerprint density at radius 3 is 1.39 bits per heavy atom. The molecular weight excluding hydrogens is 479 g/mol. The molecule has 7 nitrogen and oxygen atoms in total. The van der Waals surface area contributed by atoms with Gasteiger partial charge < -0.3 is 14.2 Å². The van der Waals surface area contributed by atoms with Crippen LogP contribution in [0.1, 0.15) is 123 Å². The van der Waals surface area contributed by atoms with Crippen LogP contribution in [0.15, 0.2) is 0 Å². The van der Waals surface area contributed by atoms with Crippen LogP contribution in [0.2, 0.25) is 0 Å². The van der Waals surface area contributed by atoms with Gasteiger partial charge in [-0.25, -0.2) is 4.57 Å². The van der Waals surface area contributed by atoms with Crippen molar-refractivity contribution < 1.29 is 32.3 Å². The molecule has 8 heteroatoms. The highest BCUT2D eigenvalue weighted by molar-refractivity contribution is 7.48. The molecular formula is C28H59O7P.